The third-order valence-corrected chi connectivity index (χ3v) is 3.43. The van der Waals surface area contributed by atoms with E-state index in [1.807, 2.05) is 6.92 Å². The van der Waals surface area contributed by atoms with Crippen molar-refractivity contribution in [2.45, 2.75) is 13.8 Å². The average molecular weight is 325 g/mol. The van der Waals surface area contributed by atoms with Crippen molar-refractivity contribution in [2.75, 3.05) is 6.61 Å². The van der Waals surface area contributed by atoms with Crippen molar-refractivity contribution in [3.05, 3.63) is 26.3 Å². The molecule has 0 N–H and O–H groups in total. The van der Waals surface area contributed by atoms with Gasteiger partial charge in [-0.1, -0.05) is 11.6 Å². The molecule has 0 amide bonds. The number of Topliss-reactive ketones (excluding diaryl/α,β-unsaturated/α-hetero) is 1. The Labute approximate surface area is 102 Å². The van der Waals surface area contributed by atoms with Gasteiger partial charge in [0.15, 0.2) is 5.78 Å². The fourth-order valence-electron chi connectivity index (χ4n) is 1.03. The Morgan fingerprint density at radius 1 is 1.57 bits per heavy atom. The van der Waals surface area contributed by atoms with Crippen molar-refractivity contribution in [1.29, 1.82) is 0 Å². The summed E-state index contributed by atoms with van der Waals surface area (Å²) in [7, 11) is 0. The van der Waals surface area contributed by atoms with Gasteiger partial charge < -0.3 is 4.74 Å². The molecule has 0 spiro atoms. The molecule has 0 heterocycles. The van der Waals surface area contributed by atoms with Gasteiger partial charge in [0.2, 0.25) is 0 Å². The third kappa shape index (κ3) is 2.60. The lowest BCUT2D eigenvalue weighted by Crippen LogP contribution is -1.99. The molecule has 0 radical (unpaired) electrons. The molecule has 0 atom stereocenters. The van der Waals surface area contributed by atoms with Crippen molar-refractivity contribution >= 4 is 40.0 Å². The second-order valence-electron chi connectivity index (χ2n) is 2.76. The van der Waals surface area contributed by atoms with Crippen LogP contribution >= 0.6 is 34.2 Å². The van der Waals surface area contributed by atoms with Crippen LogP contribution in [0, 0.1) is 3.57 Å². The lowest BCUT2D eigenvalue weighted by molar-refractivity contribution is 0.101. The zero-order chi connectivity index (χ0) is 10.7. The van der Waals surface area contributed by atoms with Crippen LogP contribution in [0.1, 0.15) is 24.2 Å². The van der Waals surface area contributed by atoms with Crippen LogP contribution in [-0.2, 0) is 0 Å². The van der Waals surface area contributed by atoms with E-state index in [1.165, 1.54) is 6.92 Å². The van der Waals surface area contributed by atoms with Gasteiger partial charge in [0.1, 0.15) is 5.75 Å². The normalized spacial score (nSPS) is 10.0. The number of ketones is 1. The van der Waals surface area contributed by atoms with Crippen LogP contribution in [0.2, 0.25) is 5.02 Å². The van der Waals surface area contributed by atoms with E-state index in [0.29, 0.717) is 22.9 Å². The van der Waals surface area contributed by atoms with Crippen LogP contribution in [0.15, 0.2) is 12.1 Å². The zero-order valence-corrected chi connectivity index (χ0v) is 10.8. The Hall–Kier alpha value is -0.290. The monoisotopic (exact) mass is 324 g/mol. The minimum Gasteiger partial charge on any atom is -0.493 e. The highest BCUT2D eigenvalue weighted by Crippen LogP contribution is 2.30. The van der Waals surface area contributed by atoms with Crippen LogP contribution in [0.3, 0.4) is 0 Å². The highest BCUT2D eigenvalue weighted by Gasteiger charge is 2.10. The average Bonchev–Trinajstić information content (AvgIpc) is 2.12. The molecule has 0 bridgehead atoms. The second-order valence-corrected chi connectivity index (χ2v) is 4.25. The zero-order valence-electron chi connectivity index (χ0n) is 7.93. The van der Waals surface area contributed by atoms with E-state index >= 15 is 0 Å². The number of ether oxygens (including phenoxy) is 1. The van der Waals surface area contributed by atoms with Gasteiger partial charge in [-0.05, 0) is 48.6 Å². The summed E-state index contributed by atoms with van der Waals surface area (Å²) in [5, 5.41) is 0.557. The molecule has 1 aromatic rings. The molecule has 0 saturated carbocycles. The number of carbonyl (C=O) groups is 1. The van der Waals surface area contributed by atoms with Gasteiger partial charge in [-0.3, -0.25) is 4.79 Å². The molecule has 76 valence electrons. The smallest absolute Gasteiger partial charge is 0.159 e. The molecule has 0 fully saturated rings. The molecule has 4 heteroatoms. The summed E-state index contributed by atoms with van der Waals surface area (Å²) in [4.78, 5) is 11.1. The number of carbonyl (C=O) groups excluding carboxylic acids is 1. The number of halogens is 2. The number of benzene rings is 1. The second kappa shape index (κ2) is 4.98. The molecular formula is C10H10ClIO2. The van der Waals surface area contributed by atoms with E-state index in [-0.39, 0.29) is 5.78 Å². The Balaban J connectivity index is 3.20. The van der Waals surface area contributed by atoms with E-state index in [4.69, 9.17) is 16.3 Å². The van der Waals surface area contributed by atoms with Crippen LogP contribution in [-0.4, -0.2) is 12.4 Å². The third-order valence-electron chi connectivity index (χ3n) is 1.70. The quantitative estimate of drug-likeness (QED) is 0.628. The molecule has 0 aliphatic heterocycles. The summed E-state index contributed by atoms with van der Waals surface area (Å²) in [6.07, 6.45) is 0. The SMILES string of the molecule is CCOc1cc(C(C)=O)cc(Cl)c1I. The van der Waals surface area contributed by atoms with E-state index in [9.17, 15) is 4.79 Å². The first kappa shape index (κ1) is 11.8. The number of rotatable bonds is 3. The Kier molecular flexibility index (Phi) is 4.19. The summed E-state index contributed by atoms with van der Waals surface area (Å²) in [5.41, 5.74) is 0.582. The largest absolute Gasteiger partial charge is 0.493 e. The van der Waals surface area contributed by atoms with Crippen molar-refractivity contribution in [1.82, 2.24) is 0 Å². The van der Waals surface area contributed by atoms with E-state index in [2.05, 4.69) is 22.6 Å². The van der Waals surface area contributed by atoms with Crippen LogP contribution in [0.25, 0.3) is 0 Å². The molecule has 2 nitrogen and oxygen atoms in total. The first-order valence-corrected chi connectivity index (χ1v) is 5.64. The molecule has 14 heavy (non-hydrogen) atoms. The summed E-state index contributed by atoms with van der Waals surface area (Å²) in [6.45, 7) is 3.96. The van der Waals surface area contributed by atoms with E-state index in [1.54, 1.807) is 12.1 Å². The molecule has 0 aromatic heterocycles. The summed E-state index contributed by atoms with van der Waals surface area (Å²) in [6, 6.07) is 3.38. The minimum atomic E-state index is -0.00995. The molecular weight excluding hydrogens is 314 g/mol. The maximum absolute atomic E-state index is 11.1. The molecule has 1 rings (SSSR count). The fourth-order valence-corrected chi connectivity index (χ4v) is 1.71. The highest BCUT2D eigenvalue weighted by molar-refractivity contribution is 14.1. The molecule has 1 aromatic carbocycles. The summed E-state index contributed by atoms with van der Waals surface area (Å²) >= 11 is 8.06. The predicted molar refractivity (Wildman–Crippen MR) is 65.3 cm³/mol. The summed E-state index contributed by atoms with van der Waals surface area (Å²) in [5.74, 6) is 0.662. The minimum absolute atomic E-state index is 0.00995. The van der Waals surface area contributed by atoms with Gasteiger partial charge in [0.25, 0.3) is 0 Å². The van der Waals surface area contributed by atoms with Crippen LogP contribution in [0.5, 0.6) is 5.75 Å². The van der Waals surface area contributed by atoms with Crippen molar-refractivity contribution < 1.29 is 9.53 Å². The van der Waals surface area contributed by atoms with Crippen molar-refractivity contribution in [2.24, 2.45) is 0 Å². The lowest BCUT2D eigenvalue weighted by Gasteiger charge is -2.08. The van der Waals surface area contributed by atoms with Gasteiger partial charge in [-0.25, -0.2) is 0 Å². The van der Waals surface area contributed by atoms with Gasteiger partial charge in [0, 0.05) is 5.56 Å². The topological polar surface area (TPSA) is 26.3 Å². The Morgan fingerprint density at radius 3 is 2.71 bits per heavy atom. The Bertz CT molecular complexity index is 363. The van der Waals surface area contributed by atoms with Gasteiger partial charge in [-0.15, -0.1) is 0 Å². The highest BCUT2D eigenvalue weighted by atomic mass is 127. The van der Waals surface area contributed by atoms with Crippen molar-refractivity contribution in [3.63, 3.8) is 0 Å². The van der Waals surface area contributed by atoms with Gasteiger partial charge >= 0.3 is 0 Å². The number of hydrogen-bond acceptors (Lipinski definition) is 2. The van der Waals surface area contributed by atoms with Gasteiger partial charge in [-0.2, -0.15) is 0 Å². The predicted octanol–water partition coefficient (Wildman–Crippen LogP) is 3.55. The van der Waals surface area contributed by atoms with E-state index in [0.717, 1.165) is 3.57 Å². The number of hydrogen-bond donors (Lipinski definition) is 0. The van der Waals surface area contributed by atoms with E-state index < -0.39 is 0 Å². The molecule has 0 unspecified atom stereocenters. The fraction of sp³-hybridized carbons (Fsp3) is 0.300. The summed E-state index contributed by atoms with van der Waals surface area (Å²) < 4.78 is 6.21. The van der Waals surface area contributed by atoms with Crippen LogP contribution in [0.4, 0.5) is 0 Å². The van der Waals surface area contributed by atoms with Crippen molar-refractivity contribution in [3.8, 4) is 5.75 Å². The standard InChI is InChI=1S/C10H10ClIO2/c1-3-14-9-5-7(6(2)13)4-8(11)10(9)12/h4-5H,3H2,1-2H3. The van der Waals surface area contributed by atoms with Gasteiger partial charge in [0.05, 0.1) is 15.2 Å². The lowest BCUT2D eigenvalue weighted by atomic mass is 10.1. The van der Waals surface area contributed by atoms with Crippen LogP contribution < -0.4 is 4.74 Å². The molecule has 0 aliphatic carbocycles. The molecule has 0 aliphatic rings. The Morgan fingerprint density at radius 2 is 2.21 bits per heavy atom. The first-order valence-electron chi connectivity index (χ1n) is 4.19. The molecule has 0 saturated heterocycles. The maximum Gasteiger partial charge on any atom is 0.159 e. The maximum atomic E-state index is 11.1. The first-order chi connectivity index (χ1) is 6.56.